The summed E-state index contributed by atoms with van der Waals surface area (Å²) >= 11 is 7.53. The molecule has 154 valence electrons. The van der Waals surface area contributed by atoms with Crippen molar-refractivity contribution in [3.8, 4) is 0 Å². The molecule has 2 heterocycles. The molecule has 1 atom stereocenters. The second kappa shape index (κ2) is 8.28. The molecule has 29 heavy (non-hydrogen) atoms. The highest BCUT2D eigenvalue weighted by molar-refractivity contribution is 7.15. The fraction of sp³-hybridized carbons (Fsp3) is 0.450. The van der Waals surface area contributed by atoms with Crippen LogP contribution in [0.5, 0.6) is 0 Å². The van der Waals surface area contributed by atoms with E-state index in [9.17, 15) is 14.0 Å². The van der Waals surface area contributed by atoms with Crippen LogP contribution in [0.2, 0.25) is 5.02 Å². The number of thiazole rings is 1. The average molecular weight is 437 g/mol. The van der Waals surface area contributed by atoms with Crippen LogP contribution in [0.4, 0.5) is 15.2 Å². The molecule has 1 saturated heterocycles. The van der Waals surface area contributed by atoms with Crippen molar-refractivity contribution in [2.75, 3.05) is 36.4 Å². The van der Waals surface area contributed by atoms with Crippen molar-refractivity contribution in [1.82, 2.24) is 9.88 Å². The molecule has 0 saturated carbocycles. The number of amides is 2. The molecular formula is C20H22ClFN4O2S. The van der Waals surface area contributed by atoms with E-state index >= 15 is 0 Å². The number of piperazine rings is 1. The van der Waals surface area contributed by atoms with Gasteiger partial charge in [0.25, 0.3) is 0 Å². The Bertz CT molecular complexity index is 943. The van der Waals surface area contributed by atoms with Crippen LogP contribution < -0.4 is 10.2 Å². The molecule has 0 bridgehead atoms. The molecule has 1 aromatic carbocycles. The van der Waals surface area contributed by atoms with Crippen molar-refractivity contribution in [1.29, 1.82) is 0 Å². The van der Waals surface area contributed by atoms with Crippen LogP contribution >= 0.6 is 22.9 Å². The van der Waals surface area contributed by atoms with E-state index in [1.807, 2.05) is 4.90 Å². The molecule has 1 aliphatic carbocycles. The molecule has 2 aliphatic rings. The zero-order valence-electron chi connectivity index (χ0n) is 16.1. The van der Waals surface area contributed by atoms with Gasteiger partial charge in [0.05, 0.1) is 11.4 Å². The lowest BCUT2D eigenvalue weighted by Crippen LogP contribution is -2.48. The van der Waals surface area contributed by atoms with Crippen LogP contribution in [0.1, 0.15) is 23.9 Å². The Morgan fingerprint density at radius 3 is 2.76 bits per heavy atom. The van der Waals surface area contributed by atoms with Gasteiger partial charge >= 0.3 is 0 Å². The molecular weight excluding hydrogens is 415 g/mol. The van der Waals surface area contributed by atoms with Crippen molar-refractivity contribution in [2.45, 2.75) is 26.2 Å². The van der Waals surface area contributed by atoms with E-state index in [-0.39, 0.29) is 23.4 Å². The van der Waals surface area contributed by atoms with E-state index in [4.69, 9.17) is 16.6 Å². The lowest BCUT2D eigenvalue weighted by molar-refractivity contribution is -0.129. The minimum atomic E-state index is -0.496. The number of carbonyl (C=O) groups excluding carboxylic acids is 2. The summed E-state index contributed by atoms with van der Waals surface area (Å²) in [6.45, 7) is 4.54. The number of anilines is 2. The van der Waals surface area contributed by atoms with Crippen LogP contribution in [0.15, 0.2) is 18.2 Å². The highest BCUT2D eigenvalue weighted by Gasteiger charge is 2.30. The third kappa shape index (κ3) is 4.38. The Kier molecular flexibility index (Phi) is 5.74. The molecule has 6 nitrogen and oxygen atoms in total. The first-order valence-electron chi connectivity index (χ1n) is 9.65. The number of hydrogen-bond donors (Lipinski definition) is 1. The molecule has 0 radical (unpaired) electrons. The number of rotatable bonds is 3. The smallest absolute Gasteiger partial charge is 0.227 e. The van der Waals surface area contributed by atoms with E-state index in [0.717, 1.165) is 35.2 Å². The topological polar surface area (TPSA) is 65.5 Å². The summed E-state index contributed by atoms with van der Waals surface area (Å²) in [5.74, 6) is -0.803. The molecule has 1 fully saturated rings. The number of hydrogen-bond acceptors (Lipinski definition) is 5. The van der Waals surface area contributed by atoms with Crippen LogP contribution in [0.25, 0.3) is 0 Å². The fourth-order valence-electron chi connectivity index (χ4n) is 3.76. The van der Waals surface area contributed by atoms with Crippen LogP contribution in [0, 0.1) is 11.7 Å². The van der Waals surface area contributed by atoms with E-state index < -0.39 is 5.82 Å². The minimum Gasteiger partial charge on any atom is -0.345 e. The Morgan fingerprint density at radius 2 is 2.03 bits per heavy atom. The molecule has 2 aromatic rings. The standard InChI is InChI=1S/C20H22ClFN4O2S/c1-12(27)25-6-8-26(9-7-25)20-24-16-5-2-13(10-18(16)29-20)19(28)23-17-11-14(21)3-4-15(17)22/h3-4,11,13H,2,5-10H2,1H3,(H,23,28)/t13-/m1/s1. The predicted octanol–water partition coefficient (Wildman–Crippen LogP) is 3.35. The summed E-state index contributed by atoms with van der Waals surface area (Å²) in [6, 6.07) is 4.13. The Hall–Kier alpha value is -2.19. The van der Waals surface area contributed by atoms with E-state index in [1.54, 1.807) is 18.3 Å². The van der Waals surface area contributed by atoms with Crippen molar-refractivity contribution in [3.63, 3.8) is 0 Å². The molecule has 9 heteroatoms. The number of nitrogens with zero attached hydrogens (tertiary/aromatic N) is 3. The largest absolute Gasteiger partial charge is 0.345 e. The van der Waals surface area contributed by atoms with Crippen molar-refractivity contribution in [2.24, 2.45) is 5.92 Å². The van der Waals surface area contributed by atoms with E-state index in [1.165, 1.54) is 18.2 Å². The average Bonchev–Trinajstić information content (AvgIpc) is 3.14. The number of fused-ring (bicyclic) bond motifs is 1. The maximum atomic E-state index is 13.9. The summed E-state index contributed by atoms with van der Waals surface area (Å²) in [5.41, 5.74) is 1.17. The Morgan fingerprint density at radius 1 is 1.28 bits per heavy atom. The third-order valence-electron chi connectivity index (χ3n) is 5.48. The Labute approximate surface area is 177 Å². The number of carbonyl (C=O) groups is 2. The second-order valence-corrected chi connectivity index (χ2v) is 8.91. The highest BCUT2D eigenvalue weighted by atomic mass is 35.5. The molecule has 1 aromatic heterocycles. The van der Waals surface area contributed by atoms with Gasteiger partial charge in [-0.3, -0.25) is 9.59 Å². The molecule has 1 N–H and O–H groups in total. The zero-order valence-corrected chi connectivity index (χ0v) is 17.7. The van der Waals surface area contributed by atoms with Gasteiger partial charge in [0.15, 0.2) is 5.13 Å². The molecule has 1 aliphatic heterocycles. The number of nitrogens with one attached hydrogen (secondary N) is 1. The number of aryl methyl sites for hydroxylation is 1. The summed E-state index contributed by atoms with van der Waals surface area (Å²) < 4.78 is 13.9. The molecule has 4 rings (SSSR count). The van der Waals surface area contributed by atoms with Crippen molar-refractivity contribution >= 4 is 45.6 Å². The molecule has 0 spiro atoms. The molecule has 0 unspecified atom stereocenters. The van der Waals surface area contributed by atoms with Gasteiger partial charge in [-0.1, -0.05) is 11.6 Å². The first-order valence-corrected chi connectivity index (χ1v) is 10.8. The van der Waals surface area contributed by atoms with Gasteiger partial charge in [-0.05, 0) is 37.5 Å². The van der Waals surface area contributed by atoms with Crippen LogP contribution in [0.3, 0.4) is 0 Å². The SMILES string of the molecule is CC(=O)N1CCN(c2nc3c(s2)C[C@H](C(=O)Nc2cc(Cl)ccc2F)CC3)CC1. The number of halogens is 2. The first kappa shape index (κ1) is 20.1. The Balaban J connectivity index is 1.41. The quantitative estimate of drug-likeness (QED) is 0.801. The highest BCUT2D eigenvalue weighted by Crippen LogP contribution is 2.35. The van der Waals surface area contributed by atoms with Gasteiger partial charge in [0.1, 0.15) is 5.82 Å². The van der Waals surface area contributed by atoms with Gasteiger partial charge in [-0.25, -0.2) is 9.37 Å². The van der Waals surface area contributed by atoms with Gasteiger partial charge < -0.3 is 15.1 Å². The summed E-state index contributed by atoms with van der Waals surface area (Å²) in [7, 11) is 0. The second-order valence-electron chi connectivity index (χ2n) is 7.41. The summed E-state index contributed by atoms with van der Waals surface area (Å²) in [4.78, 5) is 34.1. The van der Waals surface area contributed by atoms with Crippen molar-refractivity contribution in [3.05, 3.63) is 39.6 Å². The monoisotopic (exact) mass is 436 g/mol. The van der Waals surface area contributed by atoms with E-state index in [2.05, 4.69) is 10.2 Å². The van der Waals surface area contributed by atoms with Gasteiger partial charge in [0, 0.05) is 48.9 Å². The lowest BCUT2D eigenvalue weighted by atomic mass is 9.90. The van der Waals surface area contributed by atoms with E-state index in [0.29, 0.717) is 31.0 Å². The van der Waals surface area contributed by atoms with Gasteiger partial charge in [0.2, 0.25) is 11.8 Å². The van der Waals surface area contributed by atoms with Gasteiger partial charge in [-0.15, -0.1) is 11.3 Å². The predicted molar refractivity (Wildman–Crippen MR) is 112 cm³/mol. The normalized spacial score (nSPS) is 19.1. The summed E-state index contributed by atoms with van der Waals surface area (Å²) in [5, 5.41) is 4.01. The maximum absolute atomic E-state index is 13.9. The maximum Gasteiger partial charge on any atom is 0.227 e. The van der Waals surface area contributed by atoms with Crippen molar-refractivity contribution < 1.29 is 14.0 Å². The number of aromatic nitrogens is 1. The van der Waals surface area contributed by atoms with Crippen LogP contribution in [-0.4, -0.2) is 47.9 Å². The zero-order chi connectivity index (χ0) is 20.5. The fourth-order valence-corrected chi connectivity index (χ4v) is 5.17. The lowest BCUT2D eigenvalue weighted by Gasteiger charge is -2.33. The summed E-state index contributed by atoms with van der Waals surface area (Å²) in [6.07, 6.45) is 2.02. The first-order chi connectivity index (χ1) is 13.9. The minimum absolute atomic E-state index is 0.105. The van der Waals surface area contributed by atoms with Crippen LogP contribution in [-0.2, 0) is 22.4 Å². The number of benzene rings is 1. The molecule has 2 amide bonds. The third-order valence-corrected chi connectivity index (χ3v) is 6.90. The van der Waals surface area contributed by atoms with Gasteiger partial charge in [-0.2, -0.15) is 0 Å².